The molecule has 0 aliphatic carbocycles. The first kappa shape index (κ1) is 22.5. The first-order valence-corrected chi connectivity index (χ1v) is 10.1. The monoisotopic (exact) mass is 421 g/mol. The van der Waals surface area contributed by atoms with Crippen molar-refractivity contribution >= 4 is 28.3 Å². The molecule has 0 aliphatic rings. The number of amides is 2. The van der Waals surface area contributed by atoms with Crippen LogP contribution in [0, 0.1) is 5.92 Å². The van der Waals surface area contributed by atoms with Crippen molar-refractivity contribution in [1.29, 1.82) is 0 Å². The number of methoxy groups -OCH3 is 3. The van der Waals surface area contributed by atoms with Crippen molar-refractivity contribution in [2.45, 2.75) is 20.3 Å². The number of thiazole rings is 1. The summed E-state index contributed by atoms with van der Waals surface area (Å²) in [5, 5.41) is 4.99. The van der Waals surface area contributed by atoms with Gasteiger partial charge in [-0.2, -0.15) is 0 Å². The highest BCUT2D eigenvalue weighted by molar-refractivity contribution is 7.13. The molecule has 0 saturated carbocycles. The molecule has 0 aliphatic heterocycles. The molecule has 2 rings (SSSR count). The lowest BCUT2D eigenvalue weighted by Crippen LogP contribution is -2.39. The lowest BCUT2D eigenvalue weighted by Gasteiger charge is -2.24. The van der Waals surface area contributed by atoms with Crippen LogP contribution in [0.15, 0.2) is 23.7 Å². The van der Waals surface area contributed by atoms with E-state index in [4.69, 9.17) is 14.2 Å². The van der Waals surface area contributed by atoms with Crippen molar-refractivity contribution < 1.29 is 23.8 Å². The number of rotatable bonds is 10. The van der Waals surface area contributed by atoms with Gasteiger partial charge < -0.3 is 24.4 Å². The van der Waals surface area contributed by atoms with E-state index in [1.165, 1.54) is 37.6 Å². The van der Waals surface area contributed by atoms with Crippen molar-refractivity contribution in [3.05, 3.63) is 29.3 Å². The van der Waals surface area contributed by atoms with Gasteiger partial charge in [0.2, 0.25) is 11.7 Å². The molecule has 0 saturated heterocycles. The summed E-state index contributed by atoms with van der Waals surface area (Å²) in [6.45, 7) is 4.50. The number of nitrogens with one attached hydrogen (secondary N) is 1. The molecule has 0 fully saturated rings. The number of hydrogen-bond donors (Lipinski definition) is 1. The van der Waals surface area contributed by atoms with Crippen LogP contribution in [0.4, 0.5) is 5.13 Å². The number of aromatic nitrogens is 1. The molecule has 1 N–H and O–H groups in total. The van der Waals surface area contributed by atoms with Crippen LogP contribution in [0.5, 0.6) is 17.2 Å². The first-order chi connectivity index (χ1) is 13.9. The minimum absolute atomic E-state index is 0.0816. The van der Waals surface area contributed by atoms with Gasteiger partial charge in [-0.15, -0.1) is 11.3 Å². The highest BCUT2D eigenvalue weighted by Crippen LogP contribution is 2.38. The standard InChI is InChI=1S/C20H27N3O5S/c1-13(2)6-8-23(12-17(24)22-20-21-7-9-29-20)19(25)14-10-15(26-3)18(28-5)16(11-14)27-4/h7,9-11,13H,6,8,12H2,1-5H3,(H,21,22,24). The van der Waals surface area contributed by atoms with E-state index >= 15 is 0 Å². The lowest BCUT2D eigenvalue weighted by atomic mass is 10.1. The second kappa shape index (κ2) is 10.7. The first-order valence-electron chi connectivity index (χ1n) is 9.18. The SMILES string of the molecule is COc1cc(C(=O)N(CCC(C)C)CC(=O)Nc2nccs2)cc(OC)c1OC. The van der Waals surface area contributed by atoms with Crippen LogP contribution < -0.4 is 19.5 Å². The predicted molar refractivity (Wildman–Crippen MR) is 112 cm³/mol. The third-order valence-electron chi connectivity index (χ3n) is 4.19. The fourth-order valence-electron chi connectivity index (χ4n) is 2.67. The molecule has 2 amide bonds. The predicted octanol–water partition coefficient (Wildman–Crippen LogP) is 3.30. The number of carbonyl (C=O) groups excluding carboxylic acids is 2. The topological polar surface area (TPSA) is 90.0 Å². The minimum atomic E-state index is -0.301. The van der Waals surface area contributed by atoms with Crippen molar-refractivity contribution in [2.75, 3.05) is 39.7 Å². The van der Waals surface area contributed by atoms with Gasteiger partial charge in [-0.25, -0.2) is 4.98 Å². The molecule has 0 atom stereocenters. The van der Waals surface area contributed by atoms with Crippen molar-refractivity contribution in [3.8, 4) is 17.2 Å². The molecular weight excluding hydrogens is 394 g/mol. The summed E-state index contributed by atoms with van der Waals surface area (Å²) < 4.78 is 16.0. The van der Waals surface area contributed by atoms with Gasteiger partial charge in [0.15, 0.2) is 16.6 Å². The molecule has 29 heavy (non-hydrogen) atoms. The molecule has 8 nitrogen and oxygen atoms in total. The molecule has 0 radical (unpaired) electrons. The molecule has 0 unspecified atom stereocenters. The maximum absolute atomic E-state index is 13.2. The molecule has 158 valence electrons. The fourth-order valence-corrected chi connectivity index (χ4v) is 3.22. The summed E-state index contributed by atoms with van der Waals surface area (Å²) in [5.74, 6) is 0.954. The van der Waals surface area contributed by atoms with E-state index in [1.807, 2.05) is 0 Å². The average Bonchev–Trinajstić information content (AvgIpc) is 3.21. The van der Waals surface area contributed by atoms with E-state index in [-0.39, 0.29) is 18.4 Å². The maximum Gasteiger partial charge on any atom is 0.254 e. The number of nitrogens with zero attached hydrogens (tertiary/aromatic N) is 2. The summed E-state index contributed by atoms with van der Waals surface area (Å²) in [6.07, 6.45) is 2.37. The number of ether oxygens (including phenoxy) is 3. The van der Waals surface area contributed by atoms with Gasteiger partial charge in [-0.3, -0.25) is 9.59 Å². The Labute approximate surface area is 174 Å². The fraction of sp³-hybridized carbons (Fsp3) is 0.450. The quantitative estimate of drug-likeness (QED) is 0.633. The number of anilines is 1. The van der Waals surface area contributed by atoms with Crippen LogP contribution in [-0.2, 0) is 4.79 Å². The summed E-state index contributed by atoms with van der Waals surface area (Å²) in [6, 6.07) is 3.18. The van der Waals surface area contributed by atoms with Crippen LogP contribution >= 0.6 is 11.3 Å². The second-order valence-electron chi connectivity index (χ2n) is 6.71. The van der Waals surface area contributed by atoms with Crippen molar-refractivity contribution in [2.24, 2.45) is 5.92 Å². The highest BCUT2D eigenvalue weighted by atomic mass is 32.1. The van der Waals surface area contributed by atoms with Crippen LogP contribution in [0.2, 0.25) is 0 Å². The van der Waals surface area contributed by atoms with Gasteiger partial charge in [0.25, 0.3) is 5.91 Å². The van der Waals surface area contributed by atoms with Gasteiger partial charge in [0.1, 0.15) is 6.54 Å². The Morgan fingerprint density at radius 2 is 1.79 bits per heavy atom. The Morgan fingerprint density at radius 3 is 2.28 bits per heavy atom. The molecule has 0 spiro atoms. The van der Waals surface area contributed by atoms with Gasteiger partial charge in [-0.1, -0.05) is 13.8 Å². The normalized spacial score (nSPS) is 10.6. The summed E-state index contributed by atoms with van der Waals surface area (Å²) in [7, 11) is 4.48. The van der Waals surface area contributed by atoms with E-state index in [0.717, 1.165) is 6.42 Å². The third kappa shape index (κ3) is 6.08. The molecule has 1 heterocycles. The molecule has 9 heteroatoms. The Bertz CT molecular complexity index is 799. The number of benzene rings is 1. The summed E-state index contributed by atoms with van der Waals surface area (Å²) in [5.41, 5.74) is 0.352. The molecule has 1 aromatic heterocycles. The van der Waals surface area contributed by atoms with Gasteiger partial charge in [0, 0.05) is 23.7 Å². The largest absolute Gasteiger partial charge is 0.493 e. The van der Waals surface area contributed by atoms with Gasteiger partial charge >= 0.3 is 0 Å². The molecule has 1 aromatic carbocycles. The Balaban J connectivity index is 2.27. The van der Waals surface area contributed by atoms with Crippen LogP contribution in [0.25, 0.3) is 0 Å². The van der Waals surface area contributed by atoms with E-state index in [0.29, 0.717) is 40.4 Å². The molecular formula is C20H27N3O5S. The van der Waals surface area contributed by atoms with E-state index in [2.05, 4.69) is 24.1 Å². The van der Waals surface area contributed by atoms with Gasteiger partial charge in [0.05, 0.1) is 21.3 Å². The Hall–Kier alpha value is -2.81. The van der Waals surface area contributed by atoms with Crippen LogP contribution in [-0.4, -0.2) is 56.1 Å². The summed E-state index contributed by atoms with van der Waals surface area (Å²) in [4.78, 5) is 31.2. The number of hydrogen-bond acceptors (Lipinski definition) is 7. The molecule has 0 bridgehead atoms. The summed E-state index contributed by atoms with van der Waals surface area (Å²) >= 11 is 1.32. The Kier molecular flexibility index (Phi) is 8.26. The van der Waals surface area contributed by atoms with E-state index < -0.39 is 0 Å². The van der Waals surface area contributed by atoms with E-state index in [9.17, 15) is 9.59 Å². The average molecular weight is 422 g/mol. The zero-order valence-corrected chi connectivity index (χ0v) is 18.2. The van der Waals surface area contributed by atoms with Crippen molar-refractivity contribution in [1.82, 2.24) is 9.88 Å². The lowest BCUT2D eigenvalue weighted by molar-refractivity contribution is -0.116. The molecule has 2 aromatic rings. The van der Waals surface area contributed by atoms with Gasteiger partial charge in [-0.05, 0) is 24.5 Å². The number of carbonyl (C=O) groups is 2. The van der Waals surface area contributed by atoms with E-state index in [1.54, 1.807) is 23.7 Å². The maximum atomic E-state index is 13.2. The minimum Gasteiger partial charge on any atom is -0.493 e. The zero-order chi connectivity index (χ0) is 21.4. The van der Waals surface area contributed by atoms with Crippen LogP contribution in [0.3, 0.4) is 0 Å². The highest BCUT2D eigenvalue weighted by Gasteiger charge is 2.23. The van der Waals surface area contributed by atoms with Crippen molar-refractivity contribution in [3.63, 3.8) is 0 Å². The second-order valence-corrected chi connectivity index (χ2v) is 7.60. The Morgan fingerprint density at radius 1 is 1.14 bits per heavy atom. The zero-order valence-electron chi connectivity index (χ0n) is 17.4. The smallest absolute Gasteiger partial charge is 0.254 e. The van der Waals surface area contributed by atoms with Crippen LogP contribution in [0.1, 0.15) is 30.6 Å². The third-order valence-corrected chi connectivity index (χ3v) is 4.88.